The second kappa shape index (κ2) is 7.10. The van der Waals surface area contributed by atoms with Gasteiger partial charge in [-0.25, -0.2) is 0 Å². The predicted octanol–water partition coefficient (Wildman–Crippen LogP) is 0.921. The Balaban J connectivity index is 3.43. The van der Waals surface area contributed by atoms with Gasteiger partial charge in [-0.15, -0.1) is 0 Å². The van der Waals surface area contributed by atoms with Crippen molar-refractivity contribution in [2.75, 3.05) is 13.2 Å². The van der Waals surface area contributed by atoms with Crippen molar-refractivity contribution in [3.05, 3.63) is 0 Å². The number of carbonyl (C=O) groups is 1. The number of nitrogens with one attached hydrogen (secondary N) is 1. The van der Waals surface area contributed by atoms with Crippen molar-refractivity contribution in [2.45, 2.75) is 33.1 Å². The third-order valence-electron chi connectivity index (χ3n) is 1.80. The van der Waals surface area contributed by atoms with E-state index in [1.807, 2.05) is 6.92 Å². The van der Waals surface area contributed by atoms with E-state index in [9.17, 15) is 4.79 Å². The molecule has 1 unspecified atom stereocenters. The highest BCUT2D eigenvalue weighted by Gasteiger charge is 2.09. The summed E-state index contributed by atoms with van der Waals surface area (Å²) in [6.45, 7) is 4.72. The molecule has 0 bridgehead atoms. The fourth-order valence-corrected chi connectivity index (χ4v) is 1.03. The smallest absolute Gasteiger partial charge is 0.222 e. The lowest BCUT2D eigenvalue weighted by atomic mass is 10.1. The molecule has 0 saturated carbocycles. The summed E-state index contributed by atoms with van der Waals surface area (Å²) < 4.78 is 0. The topological polar surface area (TPSA) is 49.3 Å². The standard InChI is InChI=1S/C9H19NO2/c1-3-5-8(2)9(12)10-6-4-7-11/h8,11H,3-7H2,1-2H3,(H,10,12). The third kappa shape index (κ3) is 5.13. The maximum atomic E-state index is 11.2. The number of aliphatic hydroxyl groups is 1. The van der Waals surface area contributed by atoms with E-state index in [0.29, 0.717) is 13.0 Å². The van der Waals surface area contributed by atoms with Gasteiger partial charge >= 0.3 is 0 Å². The molecular formula is C9H19NO2. The Hall–Kier alpha value is -0.570. The molecule has 0 heterocycles. The van der Waals surface area contributed by atoms with E-state index >= 15 is 0 Å². The quantitative estimate of drug-likeness (QED) is 0.587. The predicted molar refractivity (Wildman–Crippen MR) is 48.8 cm³/mol. The molecule has 3 heteroatoms. The first-order chi connectivity index (χ1) is 5.72. The molecule has 0 aromatic rings. The number of rotatable bonds is 6. The lowest BCUT2D eigenvalue weighted by Gasteiger charge is -2.09. The average Bonchev–Trinajstić information content (AvgIpc) is 2.05. The molecule has 12 heavy (non-hydrogen) atoms. The monoisotopic (exact) mass is 173 g/mol. The maximum absolute atomic E-state index is 11.2. The van der Waals surface area contributed by atoms with Crippen LogP contribution in [0.1, 0.15) is 33.1 Å². The van der Waals surface area contributed by atoms with Crippen LogP contribution in [0.25, 0.3) is 0 Å². The molecule has 0 aromatic carbocycles. The summed E-state index contributed by atoms with van der Waals surface area (Å²) in [5, 5.41) is 11.2. The summed E-state index contributed by atoms with van der Waals surface area (Å²) in [6, 6.07) is 0. The van der Waals surface area contributed by atoms with Crippen molar-refractivity contribution in [1.29, 1.82) is 0 Å². The molecule has 1 atom stereocenters. The largest absolute Gasteiger partial charge is 0.396 e. The van der Waals surface area contributed by atoms with E-state index in [1.165, 1.54) is 0 Å². The SMILES string of the molecule is CCCC(C)C(=O)NCCCO. The van der Waals surface area contributed by atoms with Gasteiger partial charge in [0.1, 0.15) is 0 Å². The van der Waals surface area contributed by atoms with E-state index in [2.05, 4.69) is 12.2 Å². The zero-order valence-electron chi connectivity index (χ0n) is 7.97. The molecule has 0 saturated heterocycles. The van der Waals surface area contributed by atoms with Gasteiger partial charge in [-0.05, 0) is 12.8 Å². The van der Waals surface area contributed by atoms with Gasteiger partial charge in [0.25, 0.3) is 0 Å². The fourth-order valence-electron chi connectivity index (χ4n) is 1.03. The summed E-state index contributed by atoms with van der Waals surface area (Å²) in [5.74, 6) is 0.207. The molecule has 72 valence electrons. The summed E-state index contributed by atoms with van der Waals surface area (Å²) in [5.41, 5.74) is 0. The number of hydrogen-bond acceptors (Lipinski definition) is 2. The van der Waals surface area contributed by atoms with E-state index in [-0.39, 0.29) is 18.4 Å². The van der Waals surface area contributed by atoms with Gasteiger partial charge in [0.15, 0.2) is 0 Å². The highest BCUT2D eigenvalue weighted by molar-refractivity contribution is 5.78. The maximum Gasteiger partial charge on any atom is 0.222 e. The van der Waals surface area contributed by atoms with Gasteiger partial charge in [-0.1, -0.05) is 20.3 Å². The summed E-state index contributed by atoms with van der Waals surface area (Å²) in [7, 11) is 0. The van der Waals surface area contributed by atoms with Gasteiger partial charge in [-0.2, -0.15) is 0 Å². The van der Waals surface area contributed by atoms with Crippen LogP contribution in [0.15, 0.2) is 0 Å². The summed E-state index contributed by atoms with van der Waals surface area (Å²) in [4.78, 5) is 11.2. The molecule has 1 amide bonds. The van der Waals surface area contributed by atoms with Crippen LogP contribution >= 0.6 is 0 Å². The minimum absolute atomic E-state index is 0.102. The van der Waals surface area contributed by atoms with Gasteiger partial charge in [0.2, 0.25) is 5.91 Å². The molecule has 0 fully saturated rings. The first kappa shape index (κ1) is 11.4. The molecule has 0 spiro atoms. The average molecular weight is 173 g/mol. The van der Waals surface area contributed by atoms with E-state index in [4.69, 9.17) is 5.11 Å². The fraction of sp³-hybridized carbons (Fsp3) is 0.889. The Morgan fingerprint density at radius 3 is 2.75 bits per heavy atom. The van der Waals surface area contributed by atoms with Crippen LogP contribution in [-0.4, -0.2) is 24.2 Å². The van der Waals surface area contributed by atoms with Crippen molar-refractivity contribution < 1.29 is 9.90 Å². The molecule has 0 aliphatic carbocycles. The Bertz CT molecular complexity index is 126. The Morgan fingerprint density at radius 2 is 2.25 bits per heavy atom. The van der Waals surface area contributed by atoms with Crippen molar-refractivity contribution in [2.24, 2.45) is 5.92 Å². The van der Waals surface area contributed by atoms with Crippen LogP contribution in [0.5, 0.6) is 0 Å². The normalized spacial score (nSPS) is 12.6. The van der Waals surface area contributed by atoms with Crippen molar-refractivity contribution in [3.8, 4) is 0 Å². The molecule has 0 rings (SSSR count). The van der Waals surface area contributed by atoms with Gasteiger partial charge in [0.05, 0.1) is 0 Å². The first-order valence-corrected chi connectivity index (χ1v) is 4.61. The van der Waals surface area contributed by atoms with Gasteiger partial charge in [-0.3, -0.25) is 4.79 Å². The summed E-state index contributed by atoms with van der Waals surface area (Å²) in [6.07, 6.45) is 2.62. The minimum Gasteiger partial charge on any atom is -0.396 e. The Morgan fingerprint density at radius 1 is 1.58 bits per heavy atom. The van der Waals surface area contributed by atoms with Crippen LogP contribution in [0, 0.1) is 5.92 Å². The van der Waals surface area contributed by atoms with Crippen molar-refractivity contribution in [3.63, 3.8) is 0 Å². The van der Waals surface area contributed by atoms with Gasteiger partial charge in [0, 0.05) is 19.1 Å². The van der Waals surface area contributed by atoms with E-state index in [1.54, 1.807) is 0 Å². The lowest BCUT2D eigenvalue weighted by Crippen LogP contribution is -2.30. The molecule has 2 N–H and O–H groups in total. The van der Waals surface area contributed by atoms with Crippen LogP contribution in [-0.2, 0) is 4.79 Å². The number of carbonyl (C=O) groups excluding carboxylic acids is 1. The summed E-state index contributed by atoms with van der Waals surface area (Å²) >= 11 is 0. The Labute approximate surface area is 74.2 Å². The van der Waals surface area contributed by atoms with Crippen molar-refractivity contribution >= 4 is 5.91 Å². The number of hydrogen-bond donors (Lipinski definition) is 2. The molecule has 0 radical (unpaired) electrons. The Kier molecular flexibility index (Phi) is 6.76. The number of amides is 1. The molecule has 3 nitrogen and oxygen atoms in total. The van der Waals surface area contributed by atoms with Crippen LogP contribution < -0.4 is 5.32 Å². The lowest BCUT2D eigenvalue weighted by molar-refractivity contribution is -0.124. The highest BCUT2D eigenvalue weighted by atomic mass is 16.3. The van der Waals surface area contributed by atoms with Gasteiger partial charge < -0.3 is 10.4 Å². The third-order valence-corrected chi connectivity index (χ3v) is 1.80. The second-order valence-electron chi connectivity index (χ2n) is 3.06. The number of aliphatic hydroxyl groups excluding tert-OH is 1. The molecule has 0 aromatic heterocycles. The van der Waals surface area contributed by atoms with Crippen molar-refractivity contribution in [1.82, 2.24) is 5.32 Å². The van der Waals surface area contributed by atoms with Crippen LogP contribution in [0.2, 0.25) is 0 Å². The highest BCUT2D eigenvalue weighted by Crippen LogP contribution is 2.03. The van der Waals surface area contributed by atoms with E-state index < -0.39 is 0 Å². The molecule has 0 aliphatic rings. The van der Waals surface area contributed by atoms with E-state index in [0.717, 1.165) is 12.8 Å². The zero-order valence-corrected chi connectivity index (χ0v) is 7.97. The molecular weight excluding hydrogens is 154 g/mol. The first-order valence-electron chi connectivity index (χ1n) is 4.61. The zero-order chi connectivity index (χ0) is 9.40. The van der Waals surface area contributed by atoms with Crippen LogP contribution in [0.3, 0.4) is 0 Å². The molecule has 0 aliphatic heterocycles. The second-order valence-corrected chi connectivity index (χ2v) is 3.06. The van der Waals surface area contributed by atoms with Crippen LogP contribution in [0.4, 0.5) is 0 Å². The minimum atomic E-state index is 0.102.